The molecule has 0 atom stereocenters. The van der Waals surface area contributed by atoms with Gasteiger partial charge in [-0.2, -0.15) is 9.97 Å². The van der Waals surface area contributed by atoms with Crippen LogP contribution in [0.4, 0.5) is 0 Å². The van der Waals surface area contributed by atoms with Crippen LogP contribution in [-0.4, -0.2) is 19.5 Å². The van der Waals surface area contributed by atoms with Gasteiger partial charge in [-0.1, -0.05) is 68.1 Å². The molecule has 4 heteroatoms. The molecular weight excluding hydrogens is 368 g/mol. The molecule has 4 nitrogen and oxygen atoms in total. The lowest BCUT2D eigenvalue weighted by Gasteiger charge is -2.09. The monoisotopic (exact) mass is 390 g/mol. The maximum atomic E-state index is 4.76. The lowest BCUT2D eigenvalue weighted by Crippen LogP contribution is -2.08. The average Bonchev–Trinajstić information content (AvgIpc) is 3.13. The molecule has 146 valence electrons. The zero-order valence-corrected chi connectivity index (χ0v) is 17.1. The highest BCUT2D eigenvalue weighted by Crippen LogP contribution is 2.34. The SMILES string of the molecule is C=C(C)c1nc(CC)nc(-n2c3ccccc3c3cc(-c4ccccc4)ccc32)n1. The summed E-state index contributed by atoms with van der Waals surface area (Å²) in [7, 11) is 0. The Balaban J connectivity index is 1.83. The van der Waals surface area contributed by atoms with Crippen LogP contribution in [0.1, 0.15) is 25.5 Å². The molecule has 3 aromatic carbocycles. The summed E-state index contributed by atoms with van der Waals surface area (Å²) in [5.41, 5.74) is 5.39. The second-order valence-electron chi connectivity index (χ2n) is 7.46. The molecule has 0 saturated heterocycles. The smallest absolute Gasteiger partial charge is 0.238 e. The number of aromatic nitrogens is 4. The van der Waals surface area contributed by atoms with E-state index in [1.165, 1.54) is 21.9 Å². The van der Waals surface area contributed by atoms with E-state index < -0.39 is 0 Å². The lowest BCUT2D eigenvalue weighted by molar-refractivity contribution is 0.842. The zero-order valence-electron chi connectivity index (χ0n) is 17.1. The summed E-state index contributed by atoms with van der Waals surface area (Å²) >= 11 is 0. The molecule has 0 bridgehead atoms. The van der Waals surface area contributed by atoms with E-state index in [1.807, 2.05) is 13.0 Å². The number of fused-ring (bicyclic) bond motifs is 3. The Bertz CT molecular complexity index is 1400. The molecule has 5 rings (SSSR count). The van der Waals surface area contributed by atoms with Crippen LogP contribution in [-0.2, 0) is 6.42 Å². The molecular formula is C26H22N4. The second-order valence-corrected chi connectivity index (χ2v) is 7.46. The van der Waals surface area contributed by atoms with Gasteiger partial charge in [0.15, 0.2) is 5.82 Å². The van der Waals surface area contributed by atoms with Crippen molar-refractivity contribution >= 4 is 27.4 Å². The van der Waals surface area contributed by atoms with Crippen molar-refractivity contribution in [3.8, 4) is 17.1 Å². The molecule has 0 spiro atoms. The van der Waals surface area contributed by atoms with E-state index in [9.17, 15) is 0 Å². The Morgan fingerprint density at radius 1 is 0.800 bits per heavy atom. The topological polar surface area (TPSA) is 43.6 Å². The van der Waals surface area contributed by atoms with E-state index in [0.717, 1.165) is 28.9 Å². The Kier molecular flexibility index (Phi) is 4.40. The van der Waals surface area contributed by atoms with Crippen LogP contribution >= 0.6 is 0 Å². The van der Waals surface area contributed by atoms with Gasteiger partial charge in [-0.3, -0.25) is 4.57 Å². The van der Waals surface area contributed by atoms with Crippen LogP contribution < -0.4 is 0 Å². The van der Waals surface area contributed by atoms with Gasteiger partial charge in [-0.25, -0.2) is 4.98 Å². The first-order chi connectivity index (χ1) is 14.7. The van der Waals surface area contributed by atoms with Crippen molar-refractivity contribution in [1.82, 2.24) is 19.5 Å². The third-order valence-corrected chi connectivity index (χ3v) is 5.35. The van der Waals surface area contributed by atoms with Crippen LogP contribution in [0.2, 0.25) is 0 Å². The maximum Gasteiger partial charge on any atom is 0.238 e. The molecule has 0 N–H and O–H groups in total. The van der Waals surface area contributed by atoms with Crippen molar-refractivity contribution in [1.29, 1.82) is 0 Å². The minimum Gasteiger partial charge on any atom is -0.278 e. The molecule has 30 heavy (non-hydrogen) atoms. The highest BCUT2D eigenvalue weighted by Gasteiger charge is 2.16. The van der Waals surface area contributed by atoms with Crippen molar-refractivity contribution in [2.75, 3.05) is 0 Å². The normalized spacial score (nSPS) is 11.3. The number of benzene rings is 3. The lowest BCUT2D eigenvalue weighted by atomic mass is 10.0. The minimum atomic E-state index is 0.638. The maximum absolute atomic E-state index is 4.76. The zero-order chi connectivity index (χ0) is 20.7. The van der Waals surface area contributed by atoms with Crippen molar-refractivity contribution in [3.05, 3.63) is 91.0 Å². The standard InChI is InChI=1S/C26H22N4/c1-4-24-27-25(17(2)3)29-26(28-24)30-22-13-9-8-12-20(22)21-16-19(14-15-23(21)30)18-10-6-5-7-11-18/h5-16H,2,4H2,1,3H3. The van der Waals surface area contributed by atoms with E-state index in [0.29, 0.717) is 11.8 Å². The summed E-state index contributed by atoms with van der Waals surface area (Å²) in [5, 5.41) is 2.36. The van der Waals surface area contributed by atoms with Gasteiger partial charge >= 0.3 is 0 Å². The average molecular weight is 390 g/mol. The van der Waals surface area contributed by atoms with Gasteiger partial charge in [-0.05, 0) is 41.8 Å². The fourth-order valence-corrected chi connectivity index (χ4v) is 3.85. The summed E-state index contributed by atoms with van der Waals surface area (Å²) in [6, 6.07) is 25.4. The van der Waals surface area contributed by atoms with Crippen molar-refractivity contribution in [2.24, 2.45) is 0 Å². The molecule has 0 aliphatic heterocycles. The summed E-state index contributed by atoms with van der Waals surface area (Å²) in [6.07, 6.45) is 0.741. The predicted octanol–water partition coefficient (Wildman–Crippen LogP) is 6.23. The van der Waals surface area contributed by atoms with E-state index in [1.54, 1.807) is 0 Å². The number of rotatable bonds is 4. The first-order valence-electron chi connectivity index (χ1n) is 10.2. The number of nitrogens with zero attached hydrogens (tertiary/aromatic N) is 4. The van der Waals surface area contributed by atoms with Gasteiger partial charge in [0.05, 0.1) is 11.0 Å². The summed E-state index contributed by atoms with van der Waals surface area (Å²) in [6.45, 7) is 8.01. The molecule has 2 aromatic heterocycles. The van der Waals surface area contributed by atoms with Crippen molar-refractivity contribution in [3.63, 3.8) is 0 Å². The van der Waals surface area contributed by atoms with Gasteiger partial charge < -0.3 is 0 Å². The first kappa shape index (κ1) is 18.3. The van der Waals surface area contributed by atoms with E-state index in [2.05, 4.69) is 89.8 Å². The molecule has 0 radical (unpaired) electrons. The third kappa shape index (κ3) is 2.98. The van der Waals surface area contributed by atoms with Crippen LogP contribution in [0.25, 0.3) is 44.5 Å². The van der Waals surface area contributed by atoms with E-state index in [4.69, 9.17) is 9.97 Å². The van der Waals surface area contributed by atoms with Gasteiger partial charge in [0.25, 0.3) is 0 Å². The largest absolute Gasteiger partial charge is 0.278 e. The Morgan fingerprint density at radius 3 is 2.30 bits per heavy atom. The predicted molar refractivity (Wildman–Crippen MR) is 124 cm³/mol. The number of aryl methyl sites for hydroxylation is 1. The minimum absolute atomic E-state index is 0.638. The van der Waals surface area contributed by atoms with Crippen LogP contribution in [0, 0.1) is 0 Å². The molecule has 0 aliphatic carbocycles. The first-order valence-corrected chi connectivity index (χ1v) is 10.2. The quantitative estimate of drug-likeness (QED) is 0.365. The molecule has 0 saturated carbocycles. The summed E-state index contributed by atoms with van der Waals surface area (Å²) < 4.78 is 2.13. The van der Waals surface area contributed by atoms with Crippen LogP contribution in [0.3, 0.4) is 0 Å². The van der Waals surface area contributed by atoms with Gasteiger partial charge in [0, 0.05) is 17.2 Å². The van der Waals surface area contributed by atoms with Crippen molar-refractivity contribution in [2.45, 2.75) is 20.3 Å². The van der Waals surface area contributed by atoms with Crippen molar-refractivity contribution < 1.29 is 0 Å². The molecule has 5 aromatic rings. The highest BCUT2D eigenvalue weighted by atomic mass is 15.2. The van der Waals surface area contributed by atoms with Gasteiger partial charge in [-0.15, -0.1) is 0 Å². The number of allylic oxidation sites excluding steroid dienone is 1. The fourth-order valence-electron chi connectivity index (χ4n) is 3.85. The van der Waals surface area contributed by atoms with E-state index >= 15 is 0 Å². The van der Waals surface area contributed by atoms with Crippen LogP contribution in [0.5, 0.6) is 0 Å². The van der Waals surface area contributed by atoms with Crippen LogP contribution in [0.15, 0.2) is 79.4 Å². The highest BCUT2D eigenvalue weighted by molar-refractivity contribution is 6.10. The Labute approximate surface area is 175 Å². The summed E-state index contributed by atoms with van der Waals surface area (Å²) in [5.74, 6) is 2.05. The second kappa shape index (κ2) is 7.23. The Hall–Kier alpha value is -3.79. The molecule has 0 amide bonds. The van der Waals surface area contributed by atoms with Gasteiger partial charge in [0.2, 0.25) is 5.95 Å². The molecule has 2 heterocycles. The fraction of sp³-hybridized carbons (Fsp3) is 0.115. The van der Waals surface area contributed by atoms with Gasteiger partial charge in [0.1, 0.15) is 5.82 Å². The molecule has 0 aliphatic rings. The Morgan fingerprint density at radius 2 is 1.53 bits per heavy atom. The summed E-state index contributed by atoms with van der Waals surface area (Å²) in [4.78, 5) is 14.0. The number of para-hydroxylation sites is 1. The molecule has 0 fully saturated rings. The van der Waals surface area contributed by atoms with E-state index in [-0.39, 0.29) is 0 Å². The number of hydrogen-bond acceptors (Lipinski definition) is 3. The third-order valence-electron chi connectivity index (χ3n) is 5.35. The number of hydrogen-bond donors (Lipinski definition) is 0. The molecule has 0 unspecified atom stereocenters.